The summed E-state index contributed by atoms with van der Waals surface area (Å²) < 4.78 is 0. The second kappa shape index (κ2) is 8.90. The van der Waals surface area contributed by atoms with Gasteiger partial charge in [-0.25, -0.2) is 0 Å². The molecular formula is C28H23N. The summed E-state index contributed by atoms with van der Waals surface area (Å²) in [7, 11) is 0. The van der Waals surface area contributed by atoms with Crippen molar-refractivity contribution >= 4 is 35.3 Å². The van der Waals surface area contributed by atoms with Gasteiger partial charge in [0.2, 0.25) is 0 Å². The molecule has 0 saturated carbocycles. The van der Waals surface area contributed by atoms with Crippen LogP contribution in [0.2, 0.25) is 0 Å². The van der Waals surface area contributed by atoms with Gasteiger partial charge < -0.3 is 4.90 Å². The van der Waals surface area contributed by atoms with Crippen LogP contribution in [0.3, 0.4) is 0 Å². The fourth-order valence-corrected chi connectivity index (χ4v) is 3.27. The number of benzene rings is 4. The molecule has 0 aliphatic rings. The molecule has 0 spiro atoms. The van der Waals surface area contributed by atoms with Crippen LogP contribution in [0.25, 0.3) is 18.2 Å². The zero-order valence-electron chi connectivity index (χ0n) is 16.3. The summed E-state index contributed by atoms with van der Waals surface area (Å²) in [6.45, 7) is 3.80. The van der Waals surface area contributed by atoms with E-state index >= 15 is 0 Å². The van der Waals surface area contributed by atoms with Gasteiger partial charge in [0.15, 0.2) is 0 Å². The molecule has 0 heterocycles. The van der Waals surface area contributed by atoms with Crippen molar-refractivity contribution in [2.24, 2.45) is 0 Å². The van der Waals surface area contributed by atoms with E-state index < -0.39 is 0 Å². The van der Waals surface area contributed by atoms with Crippen molar-refractivity contribution in [1.29, 1.82) is 0 Å². The number of nitrogens with zero attached hydrogens (tertiary/aromatic N) is 1. The Labute approximate surface area is 172 Å². The summed E-state index contributed by atoms with van der Waals surface area (Å²) in [5.74, 6) is 0. The molecule has 1 heteroatoms. The standard InChI is InChI=1S/C28H23N/c1-2-23-13-15-24(16-14-23)17-18-25-19-21-28(22-20-25)29(26-9-5-3-6-10-26)27-11-7-4-8-12-27/h2-22H,1H2. The summed E-state index contributed by atoms with van der Waals surface area (Å²) in [6, 6.07) is 37.9. The molecule has 0 radical (unpaired) electrons. The normalized spacial score (nSPS) is 10.8. The average Bonchev–Trinajstić information content (AvgIpc) is 2.80. The SMILES string of the molecule is C=Cc1ccc(C=Cc2ccc(N(c3ccccc3)c3ccccc3)cc2)cc1. The first-order valence-electron chi connectivity index (χ1n) is 9.74. The molecule has 4 aromatic rings. The third kappa shape index (κ3) is 4.53. The second-order valence-electron chi connectivity index (χ2n) is 6.80. The highest BCUT2D eigenvalue weighted by Crippen LogP contribution is 2.34. The van der Waals surface area contributed by atoms with Gasteiger partial charge in [0, 0.05) is 17.1 Å². The molecule has 0 aromatic heterocycles. The third-order valence-corrected chi connectivity index (χ3v) is 4.82. The summed E-state index contributed by atoms with van der Waals surface area (Å²) in [5, 5.41) is 0. The highest BCUT2D eigenvalue weighted by molar-refractivity contribution is 5.78. The van der Waals surface area contributed by atoms with Crippen LogP contribution in [0.15, 0.2) is 116 Å². The lowest BCUT2D eigenvalue weighted by molar-refractivity contribution is 1.28. The van der Waals surface area contributed by atoms with Crippen molar-refractivity contribution in [3.63, 3.8) is 0 Å². The van der Waals surface area contributed by atoms with Crippen LogP contribution < -0.4 is 4.90 Å². The largest absolute Gasteiger partial charge is 0.311 e. The lowest BCUT2D eigenvalue weighted by Crippen LogP contribution is -2.09. The fourth-order valence-electron chi connectivity index (χ4n) is 3.27. The van der Waals surface area contributed by atoms with Gasteiger partial charge in [-0.05, 0) is 53.1 Å². The molecule has 1 nitrogen and oxygen atoms in total. The van der Waals surface area contributed by atoms with Crippen LogP contribution in [-0.2, 0) is 0 Å². The minimum Gasteiger partial charge on any atom is -0.311 e. The molecule has 0 saturated heterocycles. The maximum Gasteiger partial charge on any atom is 0.0462 e. The van der Waals surface area contributed by atoms with Crippen LogP contribution in [-0.4, -0.2) is 0 Å². The first-order chi connectivity index (χ1) is 14.3. The van der Waals surface area contributed by atoms with E-state index in [4.69, 9.17) is 0 Å². The average molecular weight is 373 g/mol. The van der Waals surface area contributed by atoms with Crippen molar-refractivity contribution in [3.05, 3.63) is 132 Å². The molecule has 0 bridgehead atoms. The van der Waals surface area contributed by atoms with Crippen LogP contribution in [0.4, 0.5) is 17.1 Å². The van der Waals surface area contributed by atoms with E-state index in [0.717, 1.165) is 22.6 Å². The molecule has 140 valence electrons. The number of hydrogen-bond donors (Lipinski definition) is 0. The molecule has 0 N–H and O–H groups in total. The fraction of sp³-hybridized carbons (Fsp3) is 0. The van der Waals surface area contributed by atoms with Crippen molar-refractivity contribution in [3.8, 4) is 0 Å². The van der Waals surface area contributed by atoms with Crippen LogP contribution in [0.1, 0.15) is 16.7 Å². The number of rotatable bonds is 6. The predicted molar refractivity (Wildman–Crippen MR) is 127 cm³/mol. The van der Waals surface area contributed by atoms with E-state index in [-0.39, 0.29) is 0 Å². The molecule has 0 unspecified atom stereocenters. The quantitative estimate of drug-likeness (QED) is 0.310. The molecule has 0 amide bonds. The Morgan fingerprint density at radius 1 is 0.448 bits per heavy atom. The first kappa shape index (κ1) is 18.5. The summed E-state index contributed by atoms with van der Waals surface area (Å²) in [5.41, 5.74) is 6.90. The summed E-state index contributed by atoms with van der Waals surface area (Å²) in [6.07, 6.45) is 6.13. The van der Waals surface area contributed by atoms with E-state index in [1.54, 1.807) is 0 Å². The van der Waals surface area contributed by atoms with Gasteiger partial charge in [0.25, 0.3) is 0 Å². The van der Waals surface area contributed by atoms with Gasteiger partial charge in [-0.2, -0.15) is 0 Å². The number of hydrogen-bond acceptors (Lipinski definition) is 1. The van der Waals surface area contributed by atoms with E-state index in [1.807, 2.05) is 18.2 Å². The minimum absolute atomic E-state index is 1.13. The molecule has 0 aliphatic carbocycles. The number of anilines is 3. The third-order valence-electron chi connectivity index (χ3n) is 4.82. The van der Waals surface area contributed by atoms with Crippen LogP contribution in [0.5, 0.6) is 0 Å². The monoisotopic (exact) mass is 373 g/mol. The molecule has 0 atom stereocenters. The number of para-hydroxylation sites is 2. The van der Waals surface area contributed by atoms with Gasteiger partial charge in [0.05, 0.1) is 0 Å². The van der Waals surface area contributed by atoms with Crippen molar-refractivity contribution < 1.29 is 0 Å². The maximum atomic E-state index is 3.80. The smallest absolute Gasteiger partial charge is 0.0462 e. The van der Waals surface area contributed by atoms with Gasteiger partial charge in [0.1, 0.15) is 0 Å². The Morgan fingerprint density at radius 2 is 0.828 bits per heavy atom. The Morgan fingerprint density at radius 3 is 1.28 bits per heavy atom. The maximum absolute atomic E-state index is 3.80. The Balaban J connectivity index is 1.60. The van der Waals surface area contributed by atoms with Crippen LogP contribution in [0, 0.1) is 0 Å². The predicted octanol–water partition coefficient (Wildman–Crippen LogP) is 7.97. The van der Waals surface area contributed by atoms with Gasteiger partial charge in [-0.15, -0.1) is 0 Å². The Hall–Kier alpha value is -3.84. The van der Waals surface area contributed by atoms with Gasteiger partial charge in [-0.1, -0.05) is 97.6 Å². The second-order valence-corrected chi connectivity index (χ2v) is 6.80. The Bertz CT molecular complexity index is 1040. The van der Waals surface area contributed by atoms with Gasteiger partial charge in [-0.3, -0.25) is 0 Å². The zero-order valence-corrected chi connectivity index (χ0v) is 16.3. The van der Waals surface area contributed by atoms with E-state index in [0.29, 0.717) is 0 Å². The van der Waals surface area contributed by atoms with Crippen molar-refractivity contribution in [2.75, 3.05) is 4.90 Å². The van der Waals surface area contributed by atoms with Crippen molar-refractivity contribution in [1.82, 2.24) is 0 Å². The minimum atomic E-state index is 1.13. The molecular weight excluding hydrogens is 350 g/mol. The topological polar surface area (TPSA) is 3.24 Å². The molecule has 0 fully saturated rings. The highest BCUT2D eigenvalue weighted by Gasteiger charge is 2.11. The summed E-state index contributed by atoms with van der Waals surface area (Å²) in [4.78, 5) is 2.27. The lowest BCUT2D eigenvalue weighted by Gasteiger charge is -2.25. The van der Waals surface area contributed by atoms with E-state index in [1.165, 1.54) is 11.1 Å². The van der Waals surface area contributed by atoms with Gasteiger partial charge >= 0.3 is 0 Å². The summed E-state index contributed by atoms with van der Waals surface area (Å²) >= 11 is 0. The molecule has 4 rings (SSSR count). The first-order valence-corrected chi connectivity index (χ1v) is 9.74. The van der Waals surface area contributed by atoms with E-state index in [2.05, 4.69) is 121 Å². The molecule has 4 aromatic carbocycles. The highest BCUT2D eigenvalue weighted by atomic mass is 15.1. The lowest BCUT2D eigenvalue weighted by atomic mass is 10.1. The van der Waals surface area contributed by atoms with Crippen LogP contribution >= 0.6 is 0 Å². The van der Waals surface area contributed by atoms with E-state index in [9.17, 15) is 0 Å². The molecule has 29 heavy (non-hydrogen) atoms. The molecule has 0 aliphatic heterocycles. The van der Waals surface area contributed by atoms with Crippen molar-refractivity contribution in [2.45, 2.75) is 0 Å². The Kier molecular flexibility index (Phi) is 5.68. The zero-order chi connectivity index (χ0) is 19.9.